The molecule has 2 N–H and O–H groups in total. The van der Waals surface area contributed by atoms with Gasteiger partial charge >= 0.3 is 7.32 Å². The van der Waals surface area contributed by atoms with E-state index in [1.54, 1.807) is 17.8 Å². The van der Waals surface area contributed by atoms with Gasteiger partial charge in [0.05, 0.1) is 0 Å². The minimum absolute atomic E-state index is 0.522. The molecule has 1 aromatic rings. The lowest BCUT2D eigenvalue weighted by Gasteiger charge is -2.09. The van der Waals surface area contributed by atoms with Crippen molar-refractivity contribution in [1.82, 2.24) is 0 Å². The molecule has 0 aliphatic rings. The molecular formula is C10H15BO3S. The van der Waals surface area contributed by atoms with E-state index in [9.17, 15) is 0 Å². The van der Waals surface area contributed by atoms with Crippen molar-refractivity contribution in [1.29, 1.82) is 0 Å². The SMILES string of the molecule is CCCCSc1ccccc1OB(O)O. The molecule has 0 amide bonds. The average Bonchev–Trinajstić information content (AvgIpc) is 2.20. The molecule has 0 aliphatic carbocycles. The third-order valence-corrected chi connectivity index (χ3v) is 2.98. The van der Waals surface area contributed by atoms with E-state index >= 15 is 0 Å². The van der Waals surface area contributed by atoms with Gasteiger partial charge < -0.3 is 14.7 Å². The van der Waals surface area contributed by atoms with Gasteiger partial charge in [-0.15, -0.1) is 11.8 Å². The van der Waals surface area contributed by atoms with Crippen LogP contribution in [-0.4, -0.2) is 23.1 Å². The maximum Gasteiger partial charge on any atom is 0.707 e. The molecule has 0 spiro atoms. The zero-order chi connectivity index (χ0) is 11.1. The molecule has 3 nitrogen and oxygen atoms in total. The van der Waals surface area contributed by atoms with Crippen LogP contribution in [0.3, 0.4) is 0 Å². The van der Waals surface area contributed by atoms with Crippen molar-refractivity contribution >= 4 is 19.1 Å². The van der Waals surface area contributed by atoms with Crippen LogP contribution >= 0.6 is 11.8 Å². The van der Waals surface area contributed by atoms with Gasteiger partial charge in [0, 0.05) is 4.90 Å². The molecule has 5 heteroatoms. The lowest BCUT2D eigenvalue weighted by Crippen LogP contribution is -2.20. The smallest absolute Gasteiger partial charge is 0.511 e. The first-order valence-electron chi connectivity index (χ1n) is 4.98. The highest BCUT2D eigenvalue weighted by molar-refractivity contribution is 7.99. The second kappa shape index (κ2) is 6.77. The minimum atomic E-state index is -1.75. The highest BCUT2D eigenvalue weighted by Gasteiger charge is 2.13. The molecule has 82 valence electrons. The van der Waals surface area contributed by atoms with E-state index in [0.717, 1.165) is 23.5 Å². The molecule has 1 aromatic carbocycles. The van der Waals surface area contributed by atoms with E-state index in [1.165, 1.54) is 0 Å². The summed E-state index contributed by atoms with van der Waals surface area (Å²) in [6.07, 6.45) is 2.29. The van der Waals surface area contributed by atoms with Crippen LogP contribution in [0.2, 0.25) is 0 Å². The van der Waals surface area contributed by atoms with Crippen molar-refractivity contribution in [2.45, 2.75) is 24.7 Å². The zero-order valence-electron chi connectivity index (χ0n) is 8.72. The van der Waals surface area contributed by atoms with E-state index in [0.29, 0.717) is 5.75 Å². The van der Waals surface area contributed by atoms with Gasteiger partial charge in [-0.05, 0) is 24.3 Å². The monoisotopic (exact) mass is 226 g/mol. The van der Waals surface area contributed by atoms with E-state index in [-0.39, 0.29) is 0 Å². The van der Waals surface area contributed by atoms with Crippen molar-refractivity contribution in [3.63, 3.8) is 0 Å². The third-order valence-electron chi connectivity index (χ3n) is 1.84. The Morgan fingerprint density at radius 1 is 1.33 bits per heavy atom. The van der Waals surface area contributed by atoms with Crippen LogP contribution in [0.15, 0.2) is 29.2 Å². The molecule has 0 atom stereocenters. The number of hydrogen-bond donors (Lipinski definition) is 2. The van der Waals surface area contributed by atoms with Crippen LogP contribution < -0.4 is 4.65 Å². The second-order valence-electron chi connectivity index (χ2n) is 3.09. The van der Waals surface area contributed by atoms with E-state index in [1.807, 2.05) is 18.2 Å². The van der Waals surface area contributed by atoms with Gasteiger partial charge in [-0.1, -0.05) is 25.5 Å². The van der Waals surface area contributed by atoms with Crippen molar-refractivity contribution in [3.05, 3.63) is 24.3 Å². The summed E-state index contributed by atoms with van der Waals surface area (Å²) in [5.74, 6) is 1.53. The Balaban J connectivity index is 2.60. The Morgan fingerprint density at radius 2 is 2.07 bits per heavy atom. The van der Waals surface area contributed by atoms with Crippen LogP contribution in [0.25, 0.3) is 0 Å². The summed E-state index contributed by atoms with van der Waals surface area (Å²) < 4.78 is 4.87. The highest BCUT2D eigenvalue weighted by Crippen LogP contribution is 2.29. The molecule has 0 aliphatic heterocycles. The van der Waals surface area contributed by atoms with Crippen molar-refractivity contribution in [2.24, 2.45) is 0 Å². The lowest BCUT2D eigenvalue weighted by atomic mass is 10.2. The van der Waals surface area contributed by atoms with Crippen LogP contribution in [0.4, 0.5) is 0 Å². The summed E-state index contributed by atoms with van der Waals surface area (Å²) >= 11 is 1.67. The summed E-state index contributed by atoms with van der Waals surface area (Å²) in [6, 6.07) is 7.36. The predicted molar refractivity (Wildman–Crippen MR) is 62.9 cm³/mol. The van der Waals surface area contributed by atoms with Crippen LogP contribution in [0.5, 0.6) is 5.75 Å². The molecule has 0 saturated heterocycles. The number of rotatable bonds is 6. The van der Waals surface area contributed by atoms with E-state index in [4.69, 9.17) is 14.7 Å². The van der Waals surface area contributed by atoms with Crippen LogP contribution in [0.1, 0.15) is 19.8 Å². The molecule has 15 heavy (non-hydrogen) atoms. The number of para-hydroxylation sites is 1. The molecule has 0 unspecified atom stereocenters. The first-order valence-corrected chi connectivity index (χ1v) is 5.97. The molecule has 0 radical (unpaired) electrons. The minimum Gasteiger partial charge on any atom is -0.511 e. The van der Waals surface area contributed by atoms with Gasteiger partial charge in [-0.25, -0.2) is 0 Å². The summed E-state index contributed by atoms with van der Waals surface area (Å²) in [7, 11) is -1.75. The van der Waals surface area contributed by atoms with Gasteiger partial charge in [-0.3, -0.25) is 0 Å². The van der Waals surface area contributed by atoms with Gasteiger partial charge in [-0.2, -0.15) is 0 Å². The fraction of sp³-hybridized carbons (Fsp3) is 0.400. The van der Waals surface area contributed by atoms with Gasteiger partial charge in [0.15, 0.2) is 0 Å². The van der Waals surface area contributed by atoms with Gasteiger partial charge in [0.25, 0.3) is 0 Å². The number of hydrogen-bond acceptors (Lipinski definition) is 4. The molecular weight excluding hydrogens is 211 g/mol. The zero-order valence-corrected chi connectivity index (χ0v) is 9.54. The Morgan fingerprint density at radius 3 is 2.73 bits per heavy atom. The number of benzene rings is 1. The highest BCUT2D eigenvalue weighted by atomic mass is 32.2. The number of thioether (sulfide) groups is 1. The van der Waals surface area contributed by atoms with Gasteiger partial charge in [0.1, 0.15) is 5.75 Å². The number of unbranched alkanes of at least 4 members (excludes halogenated alkanes) is 1. The summed E-state index contributed by atoms with van der Waals surface area (Å²) in [5, 5.41) is 17.5. The Hall–Kier alpha value is -0.645. The Bertz CT molecular complexity index is 294. The second-order valence-corrected chi connectivity index (χ2v) is 4.23. The summed E-state index contributed by atoms with van der Waals surface area (Å²) in [6.45, 7) is 2.14. The molecule has 0 aromatic heterocycles. The van der Waals surface area contributed by atoms with Crippen molar-refractivity contribution < 1.29 is 14.7 Å². The first-order chi connectivity index (χ1) is 7.24. The fourth-order valence-corrected chi connectivity index (χ4v) is 2.19. The largest absolute Gasteiger partial charge is 0.707 e. The molecule has 0 fully saturated rings. The maximum atomic E-state index is 8.73. The normalized spacial score (nSPS) is 10.1. The standard InChI is InChI=1S/C10H15BO3S/c1-2-3-8-15-10-7-5-4-6-9(10)14-11(12)13/h4-7,12-13H,2-3,8H2,1H3. The molecule has 1 rings (SSSR count). The molecule has 0 bridgehead atoms. The van der Waals surface area contributed by atoms with Crippen molar-refractivity contribution in [2.75, 3.05) is 5.75 Å². The van der Waals surface area contributed by atoms with E-state index < -0.39 is 7.32 Å². The Kier molecular flexibility index (Phi) is 5.61. The lowest BCUT2D eigenvalue weighted by molar-refractivity contribution is 0.285. The molecule has 0 heterocycles. The summed E-state index contributed by atoms with van der Waals surface area (Å²) in [4.78, 5) is 0.944. The topological polar surface area (TPSA) is 49.7 Å². The Labute approximate surface area is 94.6 Å². The average molecular weight is 226 g/mol. The maximum absolute atomic E-state index is 8.73. The van der Waals surface area contributed by atoms with Crippen molar-refractivity contribution in [3.8, 4) is 5.75 Å². The third kappa shape index (κ3) is 4.60. The van der Waals surface area contributed by atoms with Gasteiger partial charge in [0.2, 0.25) is 0 Å². The quantitative estimate of drug-likeness (QED) is 0.442. The van der Waals surface area contributed by atoms with E-state index in [2.05, 4.69) is 6.92 Å². The fourth-order valence-electron chi connectivity index (χ4n) is 1.11. The molecule has 0 saturated carbocycles. The summed E-state index contributed by atoms with van der Waals surface area (Å²) in [5.41, 5.74) is 0. The van der Waals surface area contributed by atoms with Crippen LogP contribution in [-0.2, 0) is 0 Å². The van der Waals surface area contributed by atoms with Crippen LogP contribution in [0, 0.1) is 0 Å². The predicted octanol–water partition coefficient (Wildman–Crippen LogP) is 1.93. The first kappa shape index (κ1) is 12.4.